The second-order valence-electron chi connectivity index (χ2n) is 14.2. The van der Waals surface area contributed by atoms with Crippen LogP contribution in [0.4, 0.5) is 11.4 Å². The number of carbonyl (C=O) groups excluding carboxylic acids is 1. The van der Waals surface area contributed by atoms with Gasteiger partial charge >= 0.3 is 0 Å². The lowest BCUT2D eigenvalue weighted by Gasteiger charge is -2.31. The minimum absolute atomic E-state index is 0.266. The Hall–Kier alpha value is -4.14. The van der Waals surface area contributed by atoms with Crippen LogP contribution in [0.1, 0.15) is 71.1 Å². The van der Waals surface area contributed by atoms with E-state index in [0.29, 0.717) is 49.0 Å². The van der Waals surface area contributed by atoms with Gasteiger partial charge in [-0.1, -0.05) is 52.3 Å². The van der Waals surface area contributed by atoms with Gasteiger partial charge in [-0.05, 0) is 114 Å². The van der Waals surface area contributed by atoms with Gasteiger partial charge in [0.1, 0.15) is 12.4 Å². The van der Waals surface area contributed by atoms with E-state index in [4.69, 9.17) is 9.47 Å². The molecule has 0 saturated heterocycles. The minimum Gasteiger partial charge on any atom is -0.611 e. The lowest BCUT2D eigenvalue weighted by Crippen LogP contribution is -2.37. The third-order valence-corrected chi connectivity index (χ3v) is 11.2. The van der Waals surface area contributed by atoms with Gasteiger partial charge in [0.2, 0.25) is 0 Å². The monoisotopic (exact) mass is 790 g/mol. The fourth-order valence-electron chi connectivity index (χ4n) is 6.58. The maximum absolute atomic E-state index is 14.4. The number of rotatable bonds is 19. The van der Waals surface area contributed by atoms with E-state index in [9.17, 15) is 22.3 Å². The van der Waals surface area contributed by atoms with Crippen LogP contribution in [0, 0.1) is 5.92 Å². The molecule has 55 heavy (non-hydrogen) atoms. The van der Waals surface area contributed by atoms with Gasteiger partial charge in [0.15, 0.2) is 16.5 Å². The number of aryl methyl sites for hydroxylation is 1. The first-order valence-electron chi connectivity index (χ1n) is 19.1. The molecule has 1 amide bonds. The van der Waals surface area contributed by atoms with E-state index in [1.165, 1.54) is 0 Å². The molecule has 296 valence electrons. The first-order valence-corrected chi connectivity index (χ1v) is 22.0. The number of ether oxygens (including phenoxy) is 2. The molecular formula is C42H54N4O7S2. The van der Waals surface area contributed by atoms with Gasteiger partial charge in [-0.15, -0.1) is 0 Å². The van der Waals surface area contributed by atoms with Crippen LogP contribution in [0.15, 0.2) is 89.7 Å². The van der Waals surface area contributed by atoms with Crippen molar-refractivity contribution in [1.29, 1.82) is 0 Å². The van der Waals surface area contributed by atoms with Crippen molar-refractivity contribution in [1.82, 2.24) is 9.55 Å². The van der Waals surface area contributed by atoms with Crippen LogP contribution in [0.25, 0.3) is 17.2 Å². The predicted molar refractivity (Wildman–Crippen MR) is 220 cm³/mol. The highest BCUT2D eigenvalue weighted by Crippen LogP contribution is 2.34. The zero-order valence-electron chi connectivity index (χ0n) is 32.4. The molecule has 13 heteroatoms. The van der Waals surface area contributed by atoms with Crippen LogP contribution in [0.2, 0.25) is 0 Å². The van der Waals surface area contributed by atoms with Crippen molar-refractivity contribution in [2.24, 2.45) is 5.92 Å². The van der Waals surface area contributed by atoms with Crippen molar-refractivity contribution in [3.05, 3.63) is 96.1 Å². The average Bonchev–Trinajstić information content (AvgIpc) is 3.59. The number of nitrogens with zero attached hydrogens (tertiary/aromatic N) is 4. The molecule has 11 nitrogen and oxygen atoms in total. The Morgan fingerprint density at radius 3 is 2.44 bits per heavy atom. The lowest BCUT2D eigenvalue weighted by atomic mass is 9.96. The Bertz CT molecular complexity index is 1980. The van der Waals surface area contributed by atoms with E-state index in [1.807, 2.05) is 34.9 Å². The van der Waals surface area contributed by atoms with Gasteiger partial charge in [-0.3, -0.25) is 14.2 Å². The number of carbonyl (C=O) groups is 1. The largest absolute Gasteiger partial charge is 0.611 e. The maximum atomic E-state index is 14.4. The van der Waals surface area contributed by atoms with E-state index in [1.54, 1.807) is 36.8 Å². The molecule has 0 radical (unpaired) electrons. The van der Waals surface area contributed by atoms with Crippen LogP contribution in [0.3, 0.4) is 0 Å². The SMILES string of the molecule is CCCCOCCOc1ccc(-c2ccc3c(c2)/C=C(/C(=O)N(CS(=O)(=O)O)c2ccc([S@@+]([O-])Cc4cncn4CCC)cc2)CCCN3CC(C)C)cc1. The molecule has 3 aromatic carbocycles. The molecule has 4 aromatic rings. The molecule has 1 aromatic heterocycles. The van der Waals surface area contributed by atoms with Crippen molar-refractivity contribution in [2.75, 3.05) is 48.6 Å². The summed E-state index contributed by atoms with van der Waals surface area (Å²) in [5.41, 5.74) is 5.31. The molecule has 0 saturated carbocycles. The Morgan fingerprint density at radius 1 is 1.00 bits per heavy atom. The molecule has 0 aliphatic carbocycles. The maximum Gasteiger partial charge on any atom is 0.283 e. The van der Waals surface area contributed by atoms with E-state index in [0.717, 1.165) is 77.7 Å². The highest BCUT2D eigenvalue weighted by molar-refractivity contribution is 7.90. The van der Waals surface area contributed by atoms with Gasteiger partial charge in [-0.25, -0.2) is 4.98 Å². The van der Waals surface area contributed by atoms with Crippen LogP contribution >= 0.6 is 0 Å². The van der Waals surface area contributed by atoms with Crippen molar-refractivity contribution in [3.63, 3.8) is 0 Å². The van der Waals surface area contributed by atoms with Gasteiger partial charge < -0.3 is 23.5 Å². The summed E-state index contributed by atoms with van der Waals surface area (Å²) < 4.78 is 61.3. The summed E-state index contributed by atoms with van der Waals surface area (Å²) in [4.78, 5) is 22.5. The summed E-state index contributed by atoms with van der Waals surface area (Å²) >= 11 is -1.40. The fourth-order valence-corrected chi connectivity index (χ4v) is 8.29. The average molecular weight is 791 g/mol. The molecule has 0 unspecified atom stereocenters. The number of imidazole rings is 1. The molecule has 2 heterocycles. The molecule has 1 N–H and O–H groups in total. The normalized spacial score (nSPS) is 14.8. The summed E-state index contributed by atoms with van der Waals surface area (Å²) in [5, 5.41) is 0. The molecular weight excluding hydrogens is 737 g/mol. The number of aromatic nitrogens is 2. The molecule has 0 bridgehead atoms. The molecule has 0 fully saturated rings. The van der Waals surface area contributed by atoms with Crippen LogP contribution in [-0.4, -0.2) is 71.8 Å². The topological polar surface area (TPSA) is 137 Å². The van der Waals surface area contributed by atoms with E-state index < -0.39 is 33.1 Å². The van der Waals surface area contributed by atoms with Crippen molar-refractivity contribution in [3.8, 4) is 16.9 Å². The predicted octanol–water partition coefficient (Wildman–Crippen LogP) is 7.98. The Morgan fingerprint density at radius 2 is 1.75 bits per heavy atom. The summed E-state index contributed by atoms with van der Waals surface area (Å²) in [6.45, 7) is 12.6. The second kappa shape index (κ2) is 20.1. The van der Waals surface area contributed by atoms with Gasteiger partial charge in [0.25, 0.3) is 16.0 Å². The third-order valence-electron chi connectivity index (χ3n) is 9.25. The van der Waals surface area contributed by atoms with Crippen LogP contribution < -0.4 is 14.5 Å². The number of hydrogen-bond acceptors (Lipinski definition) is 8. The Balaban J connectivity index is 1.42. The first-order chi connectivity index (χ1) is 26.5. The highest BCUT2D eigenvalue weighted by atomic mass is 32.2. The van der Waals surface area contributed by atoms with Crippen LogP contribution in [-0.2, 0) is 43.1 Å². The van der Waals surface area contributed by atoms with Crippen molar-refractivity contribution in [2.45, 2.75) is 77.0 Å². The molecule has 1 aliphatic heterocycles. The summed E-state index contributed by atoms with van der Waals surface area (Å²) in [6.07, 6.45) is 9.40. The van der Waals surface area contributed by atoms with E-state index in [-0.39, 0.29) is 11.4 Å². The zero-order chi connectivity index (χ0) is 39.4. The number of amides is 1. The molecule has 0 spiro atoms. The number of benzene rings is 3. The summed E-state index contributed by atoms with van der Waals surface area (Å²) in [6, 6.07) is 20.5. The quantitative estimate of drug-likeness (QED) is 0.0570. The zero-order valence-corrected chi connectivity index (χ0v) is 34.0. The minimum atomic E-state index is -4.60. The number of fused-ring (bicyclic) bond motifs is 1. The molecule has 1 atom stereocenters. The second-order valence-corrected chi connectivity index (χ2v) is 17.1. The molecule has 1 aliphatic rings. The third kappa shape index (κ3) is 12.2. The number of unbranched alkanes of at least 4 members (excludes halogenated alkanes) is 1. The molecule has 5 rings (SSSR count). The smallest absolute Gasteiger partial charge is 0.283 e. The Labute approximate surface area is 329 Å². The summed E-state index contributed by atoms with van der Waals surface area (Å²) in [5.74, 6) is -0.0242. The number of anilines is 2. The Kier molecular flexibility index (Phi) is 15.4. The summed E-state index contributed by atoms with van der Waals surface area (Å²) in [7, 11) is -4.60. The first kappa shape index (κ1) is 42.0. The van der Waals surface area contributed by atoms with E-state index in [2.05, 4.69) is 55.8 Å². The van der Waals surface area contributed by atoms with Gasteiger partial charge in [0.05, 0.1) is 24.8 Å². The van der Waals surface area contributed by atoms with Gasteiger partial charge in [-0.2, -0.15) is 8.42 Å². The van der Waals surface area contributed by atoms with Crippen molar-refractivity contribution < 1.29 is 31.8 Å². The fraction of sp³-hybridized carbons (Fsp3) is 0.429. The van der Waals surface area contributed by atoms with Crippen molar-refractivity contribution >= 4 is 44.7 Å². The van der Waals surface area contributed by atoms with Crippen LogP contribution in [0.5, 0.6) is 5.75 Å². The highest BCUT2D eigenvalue weighted by Gasteiger charge is 2.27. The lowest BCUT2D eigenvalue weighted by molar-refractivity contribution is -0.115. The standard InChI is InChI=1S/C42H54N4O7S2/c1-5-7-22-52-23-24-53-39-15-10-33(11-16-39)34-12-19-41-36(25-34)26-35(9-8-21-44(41)28-32(3)4)42(47)46(31-55(49,50)51)37-13-17-40(18-14-37)54(48)29-38-27-43-30-45(38)20-6-2/h10-19,25-27,30,32H,5-9,20-24,28-29,31H2,1-4H3,(H,49,50,51)/b35-26+/t54-/m0/s1. The van der Waals surface area contributed by atoms with Gasteiger partial charge in [0, 0.05) is 43.2 Å². The number of hydrogen-bond donors (Lipinski definition) is 1. The van der Waals surface area contributed by atoms with E-state index >= 15 is 0 Å².